The highest BCUT2D eigenvalue weighted by atomic mass is 16.2. The maximum atomic E-state index is 12.3. The van der Waals surface area contributed by atoms with Crippen molar-refractivity contribution in [3.8, 4) is 0 Å². The number of rotatable bonds is 5. The predicted octanol–water partition coefficient (Wildman–Crippen LogP) is 2.70. The summed E-state index contributed by atoms with van der Waals surface area (Å²) in [5.74, 6) is -0.0730. The van der Waals surface area contributed by atoms with Gasteiger partial charge in [-0.25, -0.2) is 4.98 Å². The Morgan fingerprint density at radius 2 is 1.91 bits per heavy atom. The zero-order chi connectivity index (χ0) is 23.2. The molecule has 8 nitrogen and oxygen atoms in total. The lowest BCUT2D eigenvalue weighted by atomic mass is 10.1. The number of hydrogen-bond acceptors (Lipinski definition) is 5. The fraction of sp³-hybridized carbons (Fsp3) is 0.346. The molecule has 174 valence electrons. The largest absolute Gasteiger partial charge is 0.368 e. The molecule has 0 spiro atoms. The summed E-state index contributed by atoms with van der Waals surface area (Å²) in [5.41, 5.74) is 6.14. The number of nitrogens with zero attached hydrogens (tertiary/aromatic N) is 4. The molecule has 2 aliphatic rings. The molecular weight excluding hydrogens is 428 g/mol. The third-order valence-corrected chi connectivity index (χ3v) is 6.87. The van der Waals surface area contributed by atoms with Gasteiger partial charge in [0.1, 0.15) is 11.2 Å². The average molecular weight is 457 g/mol. The summed E-state index contributed by atoms with van der Waals surface area (Å²) < 4.78 is 1.94. The maximum absolute atomic E-state index is 12.3. The van der Waals surface area contributed by atoms with Crippen LogP contribution in [0.5, 0.6) is 0 Å². The Hall–Kier alpha value is -3.65. The van der Waals surface area contributed by atoms with Gasteiger partial charge >= 0.3 is 0 Å². The second-order valence-corrected chi connectivity index (χ2v) is 9.38. The summed E-state index contributed by atoms with van der Waals surface area (Å²) in [6.07, 6.45) is 4.07. The van der Waals surface area contributed by atoms with Gasteiger partial charge in [-0.3, -0.25) is 14.5 Å². The van der Waals surface area contributed by atoms with E-state index >= 15 is 0 Å². The Morgan fingerprint density at radius 1 is 1.09 bits per heavy atom. The van der Waals surface area contributed by atoms with E-state index in [1.807, 2.05) is 41.8 Å². The second-order valence-electron chi connectivity index (χ2n) is 9.38. The van der Waals surface area contributed by atoms with Gasteiger partial charge in [0, 0.05) is 45.0 Å². The van der Waals surface area contributed by atoms with Crippen LogP contribution in [0.4, 0.5) is 5.69 Å². The molecule has 1 saturated carbocycles. The highest BCUT2D eigenvalue weighted by Gasteiger charge is 2.25. The van der Waals surface area contributed by atoms with Crippen molar-refractivity contribution in [2.45, 2.75) is 32.4 Å². The lowest BCUT2D eigenvalue weighted by molar-refractivity contribution is 0.0946. The molecule has 0 bridgehead atoms. The molecular formula is C26H28N6O2. The number of aryl methyl sites for hydroxylation is 1. The summed E-state index contributed by atoms with van der Waals surface area (Å²) >= 11 is 0. The number of benzene rings is 1. The molecule has 6 rings (SSSR count). The third kappa shape index (κ3) is 3.94. The lowest BCUT2D eigenvalue weighted by Crippen LogP contribution is -2.46. The van der Waals surface area contributed by atoms with Gasteiger partial charge in [-0.1, -0.05) is 6.07 Å². The van der Waals surface area contributed by atoms with Crippen LogP contribution in [0, 0.1) is 6.92 Å². The van der Waals surface area contributed by atoms with Crippen molar-refractivity contribution in [1.82, 2.24) is 24.6 Å². The molecule has 4 heterocycles. The Balaban J connectivity index is 1.12. The van der Waals surface area contributed by atoms with Crippen molar-refractivity contribution >= 4 is 28.1 Å². The zero-order valence-electron chi connectivity index (χ0n) is 19.3. The van der Waals surface area contributed by atoms with Crippen molar-refractivity contribution in [1.29, 1.82) is 0 Å². The minimum Gasteiger partial charge on any atom is -0.368 e. The van der Waals surface area contributed by atoms with Crippen LogP contribution in [0.2, 0.25) is 0 Å². The summed E-state index contributed by atoms with van der Waals surface area (Å²) in [7, 11) is 0. The molecule has 1 aliphatic heterocycles. The number of piperazine rings is 1. The number of H-pyrrole nitrogens is 1. The number of carbonyl (C=O) groups is 1. The molecule has 1 aromatic carbocycles. The second kappa shape index (κ2) is 8.29. The first kappa shape index (κ1) is 20.9. The number of aromatic nitrogens is 3. The van der Waals surface area contributed by atoms with Crippen LogP contribution in [0.1, 0.15) is 34.6 Å². The van der Waals surface area contributed by atoms with Crippen LogP contribution < -0.4 is 15.8 Å². The topological polar surface area (TPSA) is 85.7 Å². The van der Waals surface area contributed by atoms with Gasteiger partial charge in [-0.05, 0) is 61.7 Å². The standard InChI is InChI=1S/C26H28N6O2/c1-17-22(9-7-20(27-17)25(33)28-19-5-6-19)31-13-11-30(12-14-31)16-18-4-8-23-21(15-18)29-26(34)24-3-2-10-32(23)24/h2-4,7-10,15,19H,5-6,11-14,16H2,1H3,(H,28,33)(H,29,34). The first-order valence-corrected chi connectivity index (χ1v) is 11.9. The van der Waals surface area contributed by atoms with Gasteiger partial charge in [0.05, 0.1) is 22.4 Å². The van der Waals surface area contributed by atoms with Gasteiger partial charge in [0.2, 0.25) is 0 Å². The molecule has 34 heavy (non-hydrogen) atoms. The molecule has 0 radical (unpaired) electrons. The van der Waals surface area contributed by atoms with Crippen molar-refractivity contribution in [3.63, 3.8) is 0 Å². The molecule has 2 N–H and O–H groups in total. The van der Waals surface area contributed by atoms with E-state index < -0.39 is 0 Å². The van der Waals surface area contributed by atoms with E-state index in [2.05, 4.69) is 43.3 Å². The zero-order valence-corrected chi connectivity index (χ0v) is 19.3. The number of aromatic amines is 1. The van der Waals surface area contributed by atoms with Crippen LogP contribution in [0.3, 0.4) is 0 Å². The van der Waals surface area contributed by atoms with Crippen molar-refractivity contribution in [3.05, 3.63) is 76.0 Å². The number of pyridine rings is 1. The normalized spacial score (nSPS) is 16.9. The average Bonchev–Trinajstić information content (AvgIpc) is 3.50. The quantitative estimate of drug-likeness (QED) is 0.482. The van der Waals surface area contributed by atoms with E-state index in [-0.39, 0.29) is 11.5 Å². The highest BCUT2D eigenvalue weighted by Crippen LogP contribution is 2.23. The lowest BCUT2D eigenvalue weighted by Gasteiger charge is -2.36. The van der Waals surface area contributed by atoms with E-state index in [9.17, 15) is 9.59 Å². The van der Waals surface area contributed by atoms with Crippen LogP contribution in [0.25, 0.3) is 16.6 Å². The fourth-order valence-corrected chi connectivity index (χ4v) is 4.86. The molecule has 8 heteroatoms. The van der Waals surface area contributed by atoms with Crippen molar-refractivity contribution in [2.24, 2.45) is 0 Å². The first-order chi connectivity index (χ1) is 16.5. The van der Waals surface area contributed by atoms with Crippen molar-refractivity contribution in [2.75, 3.05) is 31.1 Å². The molecule has 2 fully saturated rings. The van der Waals surface area contributed by atoms with Crippen LogP contribution in [-0.4, -0.2) is 57.4 Å². The Morgan fingerprint density at radius 3 is 2.68 bits per heavy atom. The van der Waals surface area contributed by atoms with Gasteiger partial charge in [-0.2, -0.15) is 0 Å². The SMILES string of the molecule is Cc1nc(C(=O)NC2CC2)ccc1N1CCN(Cc2ccc3c(c2)[nH]c(=O)c2cccn23)CC1. The number of carbonyl (C=O) groups excluding carboxylic acids is 1. The van der Waals surface area contributed by atoms with Crippen LogP contribution >= 0.6 is 0 Å². The number of anilines is 1. The molecule has 1 amide bonds. The van der Waals surface area contributed by atoms with Crippen LogP contribution in [-0.2, 0) is 6.54 Å². The molecule has 0 unspecified atom stereocenters. The number of nitrogens with one attached hydrogen (secondary N) is 2. The first-order valence-electron chi connectivity index (χ1n) is 11.9. The Labute approximate surface area is 197 Å². The van der Waals surface area contributed by atoms with E-state index in [1.165, 1.54) is 5.56 Å². The number of fused-ring (bicyclic) bond motifs is 3. The minimum absolute atomic E-state index is 0.0664. The van der Waals surface area contributed by atoms with Gasteiger partial charge in [0.15, 0.2) is 0 Å². The minimum atomic E-state index is -0.0730. The van der Waals surface area contributed by atoms with E-state index in [0.717, 1.165) is 68.0 Å². The van der Waals surface area contributed by atoms with Crippen LogP contribution in [0.15, 0.2) is 53.5 Å². The number of hydrogen-bond donors (Lipinski definition) is 2. The fourth-order valence-electron chi connectivity index (χ4n) is 4.86. The monoisotopic (exact) mass is 456 g/mol. The highest BCUT2D eigenvalue weighted by molar-refractivity contribution is 5.93. The maximum Gasteiger partial charge on any atom is 0.272 e. The summed E-state index contributed by atoms with van der Waals surface area (Å²) in [5, 5.41) is 3.00. The van der Waals surface area contributed by atoms with E-state index in [1.54, 1.807) is 0 Å². The van der Waals surface area contributed by atoms with Gasteiger partial charge in [0.25, 0.3) is 11.5 Å². The molecule has 0 atom stereocenters. The van der Waals surface area contributed by atoms with Gasteiger partial charge in [-0.15, -0.1) is 0 Å². The summed E-state index contributed by atoms with van der Waals surface area (Å²) in [4.78, 5) is 37.0. The Kier molecular flexibility index (Phi) is 5.10. The number of amides is 1. The molecule has 3 aromatic heterocycles. The summed E-state index contributed by atoms with van der Waals surface area (Å²) in [6.45, 7) is 6.51. The van der Waals surface area contributed by atoms with Gasteiger partial charge < -0.3 is 19.6 Å². The molecule has 4 aromatic rings. The third-order valence-electron chi connectivity index (χ3n) is 6.87. The van der Waals surface area contributed by atoms with E-state index in [4.69, 9.17) is 0 Å². The predicted molar refractivity (Wildman–Crippen MR) is 132 cm³/mol. The Bertz CT molecular complexity index is 1440. The molecule has 1 saturated heterocycles. The smallest absolute Gasteiger partial charge is 0.272 e. The summed E-state index contributed by atoms with van der Waals surface area (Å²) in [6, 6.07) is 14.2. The molecule has 1 aliphatic carbocycles. The van der Waals surface area contributed by atoms with Crippen molar-refractivity contribution < 1.29 is 4.79 Å². The van der Waals surface area contributed by atoms with E-state index in [0.29, 0.717) is 17.3 Å².